The van der Waals surface area contributed by atoms with E-state index in [1.54, 1.807) is 12.1 Å². The number of hydrogen-bond acceptors (Lipinski definition) is 6. The van der Waals surface area contributed by atoms with Crippen LogP contribution in [0.15, 0.2) is 72.8 Å². The van der Waals surface area contributed by atoms with Crippen LogP contribution in [0, 0.1) is 0 Å². The lowest BCUT2D eigenvalue weighted by molar-refractivity contribution is -0.247. The third-order valence-electron chi connectivity index (χ3n) is 8.23. The first-order valence-corrected chi connectivity index (χ1v) is 15.2. The van der Waals surface area contributed by atoms with Crippen molar-refractivity contribution in [1.82, 2.24) is 0 Å². The lowest BCUT2D eigenvalue weighted by Gasteiger charge is -2.28. The minimum Gasteiger partial charge on any atom is -0.491 e. The fourth-order valence-corrected chi connectivity index (χ4v) is 6.58. The average molecular weight is 715 g/mol. The Morgan fingerprint density at radius 2 is 1.17 bits per heavy atom. The summed E-state index contributed by atoms with van der Waals surface area (Å²) in [7, 11) is 0. The van der Waals surface area contributed by atoms with Crippen LogP contribution in [-0.2, 0) is 15.9 Å². The molecular formula is C34H26Cl2F6O6. The smallest absolute Gasteiger partial charge is 0.425 e. The molecule has 1 heterocycles. The summed E-state index contributed by atoms with van der Waals surface area (Å²) in [6, 6.07) is 16.7. The quantitative estimate of drug-likeness (QED) is 0.140. The van der Waals surface area contributed by atoms with E-state index in [0.29, 0.717) is 6.61 Å². The summed E-state index contributed by atoms with van der Waals surface area (Å²) in [5, 5.41) is 30.6. The van der Waals surface area contributed by atoms with E-state index in [1.165, 1.54) is 61.5 Å². The predicted molar refractivity (Wildman–Crippen MR) is 164 cm³/mol. The maximum absolute atomic E-state index is 13.7. The van der Waals surface area contributed by atoms with E-state index < -0.39 is 29.7 Å². The van der Waals surface area contributed by atoms with Crippen molar-refractivity contribution in [3.05, 3.63) is 105 Å². The Kier molecular flexibility index (Phi) is 8.67. The fraction of sp³-hybridized carbons (Fsp3) is 0.294. The van der Waals surface area contributed by atoms with Gasteiger partial charge in [-0.15, -0.1) is 0 Å². The molecular weight excluding hydrogens is 689 g/mol. The predicted octanol–water partition coefficient (Wildman–Crippen LogP) is 7.77. The first-order chi connectivity index (χ1) is 22.5. The van der Waals surface area contributed by atoms with Crippen LogP contribution < -0.4 is 9.47 Å². The molecule has 6 nitrogen and oxygen atoms in total. The maximum atomic E-state index is 13.7. The Hall–Kier alpha value is -3.52. The van der Waals surface area contributed by atoms with E-state index in [2.05, 4.69) is 0 Å². The van der Waals surface area contributed by atoms with Crippen molar-refractivity contribution < 1.29 is 55.9 Å². The zero-order valence-corrected chi connectivity index (χ0v) is 26.3. The summed E-state index contributed by atoms with van der Waals surface area (Å²) < 4.78 is 98.1. The average Bonchev–Trinajstić information content (AvgIpc) is 3.76. The molecule has 3 aliphatic rings. The number of aliphatic hydroxyl groups is 3. The number of rotatable bonds is 6. The summed E-state index contributed by atoms with van der Waals surface area (Å²) in [6.07, 6.45) is -10.7. The van der Waals surface area contributed by atoms with Crippen LogP contribution in [0.25, 0.3) is 22.3 Å². The largest absolute Gasteiger partial charge is 0.491 e. The Morgan fingerprint density at radius 3 is 1.56 bits per heavy atom. The first kappa shape index (κ1) is 34.3. The van der Waals surface area contributed by atoms with Gasteiger partial charge < -0.3 is 29.5 Å². The Morgan fingerprint density at radius 1 is 0.750 bits per heavy atom. The molecule has 48 heavy (non-hydrogen) atoms. The Labute approximate surface area is 280 Å². The van der Waals surface area contributed by atoms with Gasteiger partial charge in [-0.05, 0) is 42.3 Å². The number of fused-ring (bicyclic) bond motifs is 6. The van der Waals surface area contributed by atoms with Crippen LogP contribution in [0.2, 0.25) is 10.0 Å². The van der Waals surface area contributed by atoms with E-state index in [0.717, 1.165) is 6.07 Å². The normalized spacial score (nSPS) is 22.5. The van der Waals surface area contributed by atoms with E-state index in [1.807, 2.05) is 0 Å². The van der Waals surface area contributed by atoms with Gasteiger partial charge in [-0.1, -0.05) is 71.7 Å². The second-order valence-corrected chi connectivity index (χ2v) is 12.4. The zero-order chi connectivity index (χ0) is 34.8. The molecule has 4 aromatic rings. The van der Waals surface area contributed by atoms with Gasteiger partial charge in [0.25, 0.3) is 0 Å². The Balaban J connectivity index is 0.000000167. The van der Waals surface area contributed by atoms with Crippen LogP contribution in [0.3, 0.4) is 0 Å². The van der Waals surface area contributed by atoms with Crippen molar-refractivity contribution >= 4 is 23.2 Å². The van der Waals surface area contributed by atoms with Gasteiger partial charge in [0.05, 0.1) is 22.8 Å². The molecule has 4 atom stereocenters. The molecule has 0 aromatic heterocycles. The van der Waals surface area contributed by atoms with Gasteiger partial charge in [-0.3, -0.25) is 0 Å². The van der Waals surface area contributed by atoms with Gasteiger partial charge in [0.1, 0.15) is 30.8 Å². The van der Waals surface area contributed by atoms with Crippen molar-refractivity contribution in [1.29, 1.82) is 0 Å². The van der Waals surface area contributed by atoms with Gasteiger partial charge in [-0.25, -0.2) is 0 Å². The zero-order valence-electron chi connectivity index (χ0n) is 24.8. The summed E-state index contributed by atoms with van der Waals surface area (Å²) in [5.74, 6) is 0.222. The van der Waals surface area contributed by atoms with E-state index in [-0.39, 0.29) is 85.4 Å². The molecule has 0 bridgehead atoms. The standard InChI is InChI=1S/C17H12ClF3O3.C17H14ClF3O3/c18-14-6-9(23-7-10-8-24-10)5-13-15(14)11-3-1-2-4-12(11)16(13,22)17(19,20)21;1-9(22)8-24-10-6-13-15(14(18)7-10)11-4-2-3-5-12(11)16(13,23)17(19,20)21/h1-6,10,22H,7-8H2;2-7,9,22-23H,8H2,1H3/t10-,16-;9-,16+/m10/s1. The van der Waals surface area contributed by atoms with Crippen LogP contribution >= 0.6 is 23.2 Å². The SMILES string of the molecule is C[C@H](O)COc1cc(Cl)c2c(c1)[C@@](O)(C(F)(F)F)c1ccccc1-2.O[C@]1(C(F)(F)F)c2ccccc2-c2c(Cl)cc(OC[C@@H]3CO3)cc21. The molecule has 1 saturated heterocycles. The minimum absolute atomic E-state index is 0.0423. The highest BCUT2D eigenvalue weighted by Crippen LogP contribution is 2.59. The molecule has 0 amide bonds. The number of benzene rings is 4. The number of halogens is 8. The van der Waals surface area contributed by atoms with Crippen LogP contribution in [0.4, 0.5) is 26.3 Å². The third-order valence-corrected chi connectivity index (χ3v) is 8.83. The van der Waals surface area contributed by atoms with Gasteiger partial charge in [0.15, 0.2) is 0 Å². The monoisotopic (exact) mass is 714 g/mol. The van der Waals surface area contributed by atoms with Crippen LogP contribution in [-0.4, -0.2) is 59.7 Å². The molecule has 0 spiro atoms. The second-order valence-electron chi connectivity index (χ2n) is 11.6. The highest BCUT2D eigenvalue weighted by Gasteiger charge is 2.62. The third kappa shape index (κ3) is 5.68. The molecule has 7 rings (SSSR count). The first-order valence-electron chi connectivity index (χ1n) is 14.5. The topological polar surface area (TPSA) is 91.7 Å². The molecule has 0 radical (unpaired) electrons. The maximum Gasteiger partial charge on any atom is 0.425 e. The molecule has 254 valence electrons. The fourth-order valence-electron chi connectivity index (χ4n) is 5.95. The second kappa shape index (κ2) is 12.1. The van der Waals surface area contributed by atoms with Gasteiger partial charge >= 0.3 is 12.4 Å². The lowest BCUT2D eigenvalue weighted by atomic mass is 9.90. The molecule has 1 aliphatic heterocycles. The van der Waals surface area contributed by atoms with Crippen molar-refractivity contribution in [2.45, 2.75) is 42.7 Å². The number of epoxide rings is 1. The minimum atomic E-state index is -4.93. The number of aliphatic hydroxyl groups excluding tert-OH is 1. The number of alkyl halides is 6. The van der Waals surface area contributed by atoms with Gasteiger partial charge in [0.2, 0.25) is 11.2 Å². The highest BCUT2D eigenvalue weighted by molar-refractivity contribution is 6.34. The van der Waals surface area contributed by atoms with E-state index >= 15 is 0 Å². The lowest BCUT2D eigenvalue weighted by Crippen LogP contribution is -2.41. The number of ether oxygens (including phenoxy) is 3. The summed E-state index contributed by atoms with van der Waals surface area (Å²) in [5.41, 5.74) is -6.61. The molecule has 4 aromatic carbocycles. The Bertz CT molecular complexity index is 1750. The van der Waals surface area contributed by atoms with Crippen LogP contribution in [0.1, 0.15) is 29.2 Å². The van der Waals surface area contributed by atoms with E-state index in [9.17, 15) is 41.7 Å². The van der Waals surface area contributed by atoms with E-state index in [4.69, 9.17) is 37.4 Å². The van der Waals surface area contributed by atoms with Gasteiger partial charge in [-0.2, -0.15) is 26.3 Å². The van der Waals surface area contributed by atoms with Crippen molar-refractivity contribution in [3.63, 3.8) is 0 Å². The molecule has 3 N–H and O–H groups in total. The van der Waals surface area contributed by atoms with Crippen molar-refractivity contribution in [2.75, 3.05) is 19.8 Å². The summed E-state index contributed by atoms with van der Waals surface area (Å²) >= 11 is 12.4. The molecule has 1 fully saturated rings. The van der Waals surface area contributed by atoms with Crippen LogP contribution in [0.5, 0.6) is 11.5 Å². The van der Waals surface area contributed by atoms with Gasteiger partial charge in [0, 0.05) is 33.4 Å². The molecule has 0 unspecified atom stereocenters. The molecule has 14 heteroatoms. The molecule has 2 aliphatic carbocycles. The number of hydrogen-bond donors (Lipinski definition) is 3. The summed E-state index contributed by atoms with van der Waals surface area (Å²) in [6.45, 7) is 2.17. The van der Waals surface area contributed by atoms with Crippen molar-refractivity contribution in [3.8, 4) is 33.8 Å². The van der Waals surface area contributed by atoms with Crippen molar-refractivity contribution in [2.24, 2.45) is 0 Å². The highest BCUT2D eigenvalue weighted by atomic mass is 35.5. The molecule has 0 saturated carbocycles. The summed E-state index contributed by atoms with van der Waals surface area (Å²) in [4.78, 5) is 0.